The summed E-state index contributed by atoms with van der Waals surface area (Å²) in [6.07, 6.45) is 3.09. The van der Waals surface area contributed by atoms with E-state index in [1.54, 1.807) is 0 Å². The SMILES string of the molecule is CCOCc1nc(NC)cc(NC2(CO)CCC2)n1. The van der Waals surface area contributed by atoms with Crippen LogP contribution in [0.3, 0.4) is 0 Å². The fraction of sp³-hybridized carbons (Fsp3) is 0.692. The third kappa shape index (κ3) is 3.33. The summed E-state index contributed by atoms with van der Waals surface area (Å²) in [5.74, 6) is 2.13. The molecule has 0 unspecified atom stereocenters. The second-order valence-electron chi connectivity index (χ2n) is 4.86. The molecule has 1 aromatic rings. The number of aromatic nitrogens is 2. The van der Waals surface area contributed by atoms with E-state index in [2.05, 4.69) is 20.6 Å². The normalized spacial score (nSPS) is 16.8. The summed E-state index contributed by atoms with van der Waals surface area (Å²) in [7, 11) is 1.82. The lowest BCUT2D eigenvalue weighted by Gasteiger charge is -2.41. The zero-order chi connectivity index (χ0) is 13.7. The fourth-order valence-corrected chi connectivity index (χ4v) is 2.15. The van der Waals surface area contributed by atoms with E-state index >= 15 is 0 Å². The van der Waals surface area contributed by atoms with E-state index in [-0.39, 0.29) is 12.1 Å². The predicted octanol–water partition coefficient (Wildman–Crippen LogP) is 1.38. The predicted molar refractivity (Wildman–Crippen MR) is 74.2 cm³/mol. The molecule has 0 aromatic carbocycles. The summed E-state index contributed by atoms with van der Waals surface area (Å²) in [5, 5.41) is 15.8. The molecule has 1 aliphatic carbocycles. The zero-order valence-corrected chi connectivity index (χ0v) is 11.6. The average molecular weight is 266 g/mol. The Labute approximate surface area is 113 Å². The molecule has 0 bridgehead atoms. The van der Waals surface area contributed by atoms with Crippen LogP contribution in [-0.2, 0) is 11.3 Å². The summed E-state index contributed by atoms with van der Waals surface area (Å²) >= 11 is 0. The summed E-state index contributed by atoms with van der Waals surface area (Å²) in [6.45, 7) is 3.10. The molecule has 1 aromatic heterocycles. The van der Waals surface area contributed by atoms with Crippen LogP contribution in [0.15, 0.2) is 6.07 Å². The number of rotatable bonds is 7. The molecule has 0 saturated heterocycles. The standard InChI is InChI=1S/C13H22N4O2/c1-3-19-8-12-15-10(14-2)7-11(16-12)17-13(9-18)5-4-6-13/h7,18H,3-6,8-9H2,1-2H3,(H2,14,15,16,17). The molecule has 6 nitrogen and oxygen atoms in total. The highest BCUT2D eigenvalue weighted by molar-refractivity contribution is 5.49. The minimum absolute atomic E-state index is 0.132. The smallest absolute Gasteiger partial charge is 0.158 e. The van der Waals surface area contributed by atoms with Gasteiger partial charge >= 0.3 is 0 Å². The Morgan fingerprint density at radius 3 is 2.63 bits per heavy atom. The van der Waals surface area contributed by atoms with Crippen LogP contribution in [0, 0.1) is 0 Å². The van der Waals surface area contributed by atoms with Crippen LogP contribution in [0.2, 0.25) is 0 Å². The van der Waals surface area contributed by atoms with Crippen molar-refractivity contribution >= 4 is 11.6 Å². The highest BCUT2D eigenvalue weighted by Gasteiger charge is 2.36. The molecule has 19 heavy (non-hydrogen) atoms. The Morgan fingerprint density at radius 1 is 1.37 bits per heavy atom. The minimum Gasteiger partial charge on any atom is -0.394 e. The lowest BCUT2D eigenvalue weighted by atomic mass is 9.77. The van der Waals surface area contributed by atoms with Gasteiger partial charge in [-0.2, -0.15) is 0 Å². The van der Waals surface area contributed by atoms with Crippen molar-refractivity contribution < 1.29 is 9.84 Å². The van der Waals surface area contributed by atoms with Gasteiger partial charge < -0.3 is 20.5 Å². The van der Waals surface area contributed by atoms with Crippen LogP contribution in [0.25, 0.3) is 0 Å². The highest BCUT2D eigenvalue weighted by atomic mass is 16.5. The molecule has 0 radical (unpaired) electrons. The number of anilines is 2. The van der Waals surface area contributed by atoms with E-state index in [4.69, 9.17) is 4.74 Å². The molecule has 3 N–H and O–H groups in total. The van der Waals surface area contributed by atoms with E-state index < -0.39 is 0 Å². The van der Waals surface area contributed by atoms with Gasteiger partial charge in [0.05, 0.1) is 12.1 Å². The van der Waals surface area contributed by atoms with Gasteiger partial charge in [-0.25, -0.2) is 9.97 Å². The molecule has 106 valence electrons. The number of nitrogens with one attached hydrogen (secondary N) is 2. The topological polar surface area (TPSA) is 79.3 Å². The van der Waals surface area contributed by atoms with Crippen molar-refractivity contribution in [3.63, 3.8) is 0 Å². The van der Waals surface area contributed by atoms with Gasteiger partial charge in [0.25, 0.3) is 0 Å². The van der Waals surface area contributed by atoms with Gasteiger partial charge in [0.15, 0.2) is 5.82 Å². The van der Waals surface area contributed by atoms with Crippen LogP contribution in [0.4, 0.5) is 11.6 Å². The van der Waals surface area contributed by atoms with Crippen molar-refractivity contribution in [1.29, 1.82) is 0 Å². The third-order valence-electron chi connectivity index (χ3n) is 3.47. The summed E-state index contributed by atoms with van der Waals surface area (Å²) < 4.78 is 5.34. The number of aliphatic hydroxyl groups excluding tert-OH is 1. The third-order valence-corrected chi connectivity index (χ3v) is 3.47. The van der Waals surface area contributed by atoms with Crippen LogP contribution in [0.5, 0.6) is 0 Å². The maximum atomic E-state index is 9.49. The van der Waals surface area contributed by atoms with Gasteiger partial charge in [-0.15, -0.1) is 0 Å². The molecule has 2 rings (SSSR count). The van der Waals surface area contributed by atoms with E-state index in [0.29, 0.717) is 19.0 Å². The van der Waals surface area contributed by atoms with Crippen molar-refractivity contribution in [2.75, 3.05) is 30.9 Å². The number of hydrogen-bond donors (Lipinski definition) is 3. The largest absolute Gasteiger partial charge is 0.394 e. The van der Waals surface area contributed by atoms with Crippen molar-refractivity contribution in [1.82, 2.24) is 9.97 Å². The van der Waals surface area contributed by atoms with Gasteiger partial charge in [0.1, 0.15) is 18.2 Å². The van der Waals surface area contributed by atoms with E-state index in [9.17, 15) is 5.11 Å². The van der Waals surface area contributed by atoms with Crippen LogP contribution in [-0.4, -0.2) is 40.9 Å². The van der Waals surface area contributed by atoms with Gasteiger partial charge in [0.2, 0.25) is 0 Å². The van der Waals surface area contributed by atoms with Crippen molar-refractivity contribution in [2.45, 2.75) is 38.3 Å². The lowest BCUT2D eigenvalue weighted by molar-refractivity contribution is 0.128. The Hall–Kier alpha value is -1.40. The first-order valence-corrected chi connectivity index (χ1v) is 6.74. The average Bonchev–Trinajstić information content (AvgIpc) is 2.40. The summed E-state index contributed by atoms with van der Waals surface area (Å²) in [6, 6.07) is 1.85. The van der Waals surface area contributed by atoms with Gasteiger partial charge in [-0.1, -0.05) is 0 Å². The van der Waals surface area contributed by atoms with Gasteiger partial charge in [-0.3, -0.25) is 0 Å². The number of aliphatic hydroxyl groups is 1. The monoisotopic (exact) mass is 266 g/mol. The van der Waals surface area contributed by atoms with Crippen molar-refractivity contribution in [2.24, 2.45) is 0 Å². The highest BCUT2D eigenvalue weighted by Crippen LogP contribution is 2.34. The summed E-state index contributed by atoms with van der Waals surface area (Å²) in [5.41, 5.74) is -0.206. The van der Waals surface area contributed by atoms with E-state index in [0.717, 1.165) is 30.9 Å². The van der Waals surface area contributed by atoms with E-state index in [1.165, 1.54) is 0 Å². The lowest BCUT2D eigenvalue weighted by Crippen LogP contribution is -2.48. The molecule has 0 atom stereocenters. The van der Waals surface area contributed by atoms with E-state index in [1.807, 2.05) is 20.0 Å². The van der Waals surface area contributed by atoms with Crippen molar-refractivity contribution in [3.8, 4) is 0 Å². The molecule has 0 aliphatic heterocycles. The molecule has 1 fully saturated rings. The minimum atomic E-state index is -0.206. The second kappa shape index (κ2) is 6.16. The summed E-state index contributed by atoms with van der Waals surface area (Å²) in [4.78, 5) is 8.77. The molecule has 0 amide bonds. The molecule has 1 aliphatic rings. The fourth-order valence-electron chi connectivity index (χ4n) is 2.15. The van der Waals surface area contributed by atoms with Crippen LogP contribution >= 0.6 is 0 Å². The number of ether oxygens (including phenoxy) is 1. The first-order chi connectivity index (χ1) is 9.21. The molecule has 6 heteroatoms. The number of nitrogens with zero attached hydrogens (tertiary/aromatic N) is 2. The van der Waals surface area contributed by atoms with Crippen molar-refractivity contribution in [3.05, 3.63) is 11.9 Å². The van der Waals surface area contributed by atoms with Crippen LogP contribution < -0.4 is 10.6 Å². The Morgan fingerprint density at radius 2 is 2.11 bits per heavy atom. The first-order valence-electron chi connectivity index (χ1n) is 6.74. The second-order valence-corrected chi connectivity index (χ2v) is 4.86. The Kier molecular flexibility index (Phi) is 4.55. The quantitative estimate of drug-likeness (QED) is 0.692. The molecule has 1 heterocycles. The molecular weight excluding hydrogens is 244 g/mol. The van der Waals surface area contributed by atoms with Gasteiger partial charge in [0, 0.05) is 19.7 Å². The maximum absolute atomic E-state index is 9.49. The molecule has 1 saturated carbocycles. The molecular formula is C13H22N4O2. The molecule has 0 spiro atoms. The van der Waals surface area contributed by atoms with Crippen LogP contribution in [0.1, 0.15) is 32.0 Å². The first kappa shape index (κ1) is 14.0. The zero-order valence-electron chi connectivity index (χ0n) is 11.6. The Balaban J connectivity index is 2.14. The Bertz CT molecular complexity index is 416. The van der Waals surface area contributed by atoms with Gasteiger partial charge in [-0.05, 0) is 26.2 Å². The number of hydrogen-bond acceptors (Lipinski definition) is 6. The maximum Gasteiger partial charge on any atom is 0.158 e.